The van der Waals surface area contributed by atoms with Gasteiger partial charge in [-0.1, -0.05) is 31.4 Å². The Balaban J connectivity index is 1.51. The minimum atomic E-state index is 0.269. The van der Waals surface area contributed by atoms with E-state index in [2.05, 4.69) is 65.8 Å². The Kier molecular flexibility index (Phi) is 11.8. The second-order valence-electron chi connectivity index (χ2n) is 11.7. The Hall–Kier alpha value is -1.64. The van der Waals surface area contributed by atoms with Gasteiger partial charge in [0.2, 0.25) is 0 Å². The zero-order valence-electron chi connectivity index (χ0n) is 24.6. The summed E-state index contributed by atoms with van der Waals surface area (Å²) in [5.41, 5.74) is 3.98. The van der Waals surface area contributed by atoms with E-state index in [0.29, 0.717) is 19.4 Å². The van der Waals surface area contributed by atoms with Gasteiger partial charge in [0, 0.05) is 63.8 Å². The molecule has 7 nitrogen and oxygen atoms in total. The fraction of sp³-hybridized carbons (Fsp3) is 0.742. The molecule has 4 rings (SSSR count). The van der Waals surface area contributed by atoms with Crippen LogP contribution in [-0.4, -0.2) is 106 Å². The van der Waals surface area contributed by atoms with Crippen molar-refractivity contribution in [3.8, 4) is 11.5 Å². The van der Waals surface area contributed by atoms with Crippen molar-refractivity contribution in [2.75, 3.05) is 86.7 Å². The number of hydrogen-bond donors (Lipinski definition) is 0. The van der Waals surface area contributed by atoms with E-state index in [1.807, 2.05) is 0 Å². The van der Waals surface area contributed by atoms with Crippen LogP contribution >= 0.6 is 0 Å². The molecule has 0 N–H and O–H groups in total. The van der Waals surface area contributed by atoms with Gasteiger partial charge in [-0.3, -0.25) is 9.80 Å². The van der Waals surface area contributed by atoms with Crippen molar-refractivity contribution in [2.24, 2.45) is 0 Å². The number of benzene rings is 1. The van der Waals surface area contributed by atoms with Crippen LogP contribution in [0.1, 0.15) is 69.4 Å². The molecule has 0 amide bonds. The number of aryl methyl sites for hydroxylation is 1. The molecule has 38 heavy (non-hydrogen) atoms. The van der Waals surface area contributed by atoms with E-state index < -0.39 is 0 Å². The highest BCUT2D eigenvalue weighted by Crippen LogP contribution is 2.43. The maximum Gasteiger partial charge on any atom is 0.190 e. The topological polar surface area (TPSA) is 40.7 Å². The molecule has 0 spiro atoms. The molecule has 7 heteroatoms. The SMILES string of the molecule is CCCCCc1cc(OCOCN2CCN(C)CC2)c([C@@H]2C=C(C)CCC2)c(OCN2CCN(C)CC2)c1. The first-order valence-electron chi connectivity index (χ1n) is 15.0. The van der Waals surface area contributed by atoms with E-state index in [-0.39, 0.29) is 6.79 Å². The van der Waals surface area contributed by atoms with Crippen LogP contribution in [0.25, 0.3) is 0 Å². The Labute approximate surface area is 231 Å². The third-order valence-electron chi connectivity index (χ3n) is 8.34. The molecule has 2 heterocycles. The molecular weight excluding hydrogens is 476 g/mol. The number of hydrogen-bond acceptors (Lipinski definition) is 7. The van der Waals surface area contributed by atoms with Gasteiger partial charge in [-0.05, 0) is 70.8 Å². The largest absolute Gasteiger partial charge is 0.478 e. The lowest BCUT2D eigenvalue weighted by Crippen LogP contribution is -2.45. The molecule has 1 atom stereocenters. The first-order chi connectivity index (χ1) is 18.5. The summed E-state index contributed by atoms with van der Waals surface area (Å²) >= 11 is 0. The lowest BCUT2D eigenvalue weighted by molar-refractivity contribution is -0.0526. The van der Waals surface area contributed by atoms with Crippen molar-refractivity contribution in [3.63, 3.8) is 0 Å². The molecule has 0 aromatic heterocycles. The molecule has 0 bridgehead atoms. The van der Waals surface area contributed by atoms with Gasteiger partial charge in [0.15, 0.2) is 6.79 Å². The average Bonchev–Trinajstić information content (AvgIpc) is 2.92. The van der Waals surface area contributed by atoms with Crippen LogP contribution in [0.5, 0.6) is 11.5 Å². The number of ether oxygens (including phenoxy) is 3. The third kappa shape index (κ3) is 8.95. The highest BCUT2D eigenvalue weighted by atomic mass is 16.7. The molecule has 1 aromatic carbocycles. The summed E-state index contributed by atoms with van der Waals surface area (Å²) in [6, 6.07) is 4.57. The highest BCUT2D eigenvalue weighted by molar-refractivity contribution is 5.52. The molecule has 214 valence electrons. The van der Waals surface area contributed by atoms with Crippen LogP contribution in [0.2, 0.25) is 0 Å². The van der Waals surface area contributed by atoms with Crippen LogP contribution in [-0.2, 0) is 11.2 Å². The molecule has 3 aliphatic rings. The predicted octanol–water partition coefficient (Wildman–Crippen LogP) is 4.77. The van der Waals surface area contributed by atoms with E-state index in [4.69, 9.17) is 14.2 Å². The van der Waals surface area contributed by atoms with Gasteiger partial charge >= 0.3 is 0 Å². The normalized spacial score (nSPS) is 22.4. The van der Waals surface area contributed by atoms with Crippen molar-refractivity contribution in [1.82, 2.24) is 19.6 Å². The number of likely N-dealkylation sites (N-methyl/N-ethyl adjacent to an activating group) is 2. The molecule has 1 aliphatic carbocycles. The minimum Gasteiger partial charge on any atom is -0.478 e. The summed E-state index contributed by atoms with van der Waals surface area (Å²) in [7, 11) is 4.38. The van der Waals surface area contributed by atoms with E-state index in [9.17, 15) is 0 Å². The number of unbranched alkanes of at least 4 members (excludes halogenated alkanes) is 2. The van der Waals surface area contributed by atoms with Gasteiger partial charge in [-0.15, -0.1) is 0 Å². The van der Waals surface area contributed by atoms with Crippen molar-refractivity contribution in [1.29, 1.82) is 0 Å². The Bertz CT molecular complexity index is 876. The first kappa shape index (κ1) is 29.3. The third-order valence-corrected chi connectivity index (χ3v) is 8.34. The van der Waals surface area contributed by atoms with Gasteiger partial charge < -0.3 is 24.0 Å². The van der Waals surface area contributed by atoms with E-state index in [1.165, 1.54) is 48.8 Å². The Morgan fingerprint density at radius 3 is 2.08 bits per heavy atom. The average molecular weight is 529 g/mol. The fourth-order valence-corrected chi connectivity index (χ4v) is 5.71. The zero-order chi connectivity index (χ0) is 26.7. The van der Waals surface area contributed by atoms with Gasteiger partial charge in [-0.25, -0.2) is 0 Å². The second kappa shape index (κ2) is 15.2. The fourth-order valence-electron chi connectivity index (χ4n) is 5.71. The Morgan fingerprint density at radius 1 is 0.816 bits per heavy atom. The van der Waals surface area contributed by atoms with Gasteiger partial charge in [0.05, 0.1) is 0 Å². The molecule has 0 saturated carbocycles. The standard InChI is InChI=1S/C31H52N4O3/c1-5-6-7-10-27-21-29(37-24-35-18-14-33(4)15-19-35)31(28-11-8-9-26(2)20-28)30(22-27)38-25-36-23-34-16-12-32(3)13-17-34/h20-22,28H,5-19,23-25H2,1-4H3/t28-/m0/s1. The van der Waals surface area contributed by atoms with Crippen molar-refractivity contribution >= 4 is 0 Å². The maximum absolute atomic E-state index is 6.64. The lowest BCUT2D eigenvalue weighted by atomic mass is 9.84. The smallest absolute Gasteiger partial charge is 0.190 e. The quantitative estimate of drug-likeness (QED) is 0.207. The van der Waals surface area contributed by atoms with Crippen molar-refractivity contribution in [2.45, 2.75) is 64.7 Å². The summed E-state index contributed by atoms with van der Waals surface area (Å²) in [5.74, 6) is 2.27. The zero-order valence-corrected chi connectivity index (χ0v) is 24.6. The molecule has 0 radical (unpaired) electrons. The summed E-state index contributed by atoms with van der Waals surface area (Å²) in [6.45, 7) is 14.6. The summed E-state index contributed by atoms with van der Waals surface area (Å²) in [6.07, 6.45) is 10.7. The van der Waals surface area contributed by atoms with Crippen LogP contribution in [0, 0.1) is 0 Å². The van der Waals surface area contributed by atoms with E-state index in [1.54, 1.807) is 0 Å². The summed E-state index contributed by atoms with van der Waals surface area (Å²) < 4.78 is 19.1. The molecule has 2 aliphatic heterocycles. The van der Waals surface area contributed by atoms with Crippen molar-refractivity contribution in [3.05, 3.63) is 34.9 Å². The second-order valence-corrected chi connectivity index (χ2v) is 11.7. The highest BCUT2D eigenvalue weighted by Gasteiger charge is 2.25. The monoisotopic (exact) mass is 528 g/mol. The number of allylic oxidation sites excluding steroid dienone is 2. The first-order valence-corrected chi connectivity index (χ1v) is 15.0. The van der Waals surface area contributed by atoms with Crippen LogP contribution in [0.15, 0.2) is 23.8 Å². The molecule has 2 fully saturated rings. The number of nitrogens with zero attached hydrogens (tertiary/aromatic N) is 4. The Morgan fingerprint density at radius 2 is 1.45 bits per heavy atom. The maximum atomic E-state index is 6.64. The molecular formula is C31H52N4O3. The molecule has 0 unspecified atom stereocenters. The van der Waals surface area contributed by atoms with Crippen LogP contribution < -0.4 is 9.47 Å². The van der Waals surface area contributed by atoms with E-state index >= 15 is 0 Å². The lowest BCUT2D eigenvalue weighted by Gasteiger charge is -2.33. The minimum absolute atomic E-state index is 0.269. The van der Waals surface area contributed by atoms with Gasteiger partial charge in [0.1, 0.15) is 25.0 Å². The van der Waals surface area contributed by atoms with Crippen LogP contribution in [0.4, 0.5) is 0 Å². The number of rotatable bonds is 13. The van der Waals surface area contributed by atoms with E-state index in [0.717, 1.165) is 76.7 Å². The summed E-state index contributed by atoms with van der Waals surface area (Å²) in [5, 5.41) is 0. The van der Waals surface area contributed by atoms with Crippen molar-refractivity contribution < 1.29 is 14.2 Å². The molecule has 2 saturated heterocycles. The molecule has 1 aromatic rings. The van der Waals surface area contributed by atoms with Crippen LogP contribution in [0.3, 0.4) is 0 Å². The summed E-state index contributed by atoms with van der Waals surface area (Å²) in [4.78, 5) is 9.55. The van der Waals surface area contributed by atoms with Gasteiger partial charge in [0.25, 0.3) is 0 Å². The van der Waals surface area contributed by atoms with Gasteiger partial charge in [-0.2, -0.15) is 0 Å². The number of piperazine rings is 2. The predicted molar refractivity (Wildman–Crippen MR) is 155 cm³/mol.